The molecule has 0 fully saturated rings. The summed E-state index contributed by atoms with van der Waals surface area (Å²) in [5.41, 5.74) is -1.27. The molecular weight excluding hydrogens is 250 g/mol. The average Bonchev–Trinajstić information content (AvgIpc) is 2.73. The zero-order valence-corrected chi connectivity index (χ0v) is 11.5. The molecule has 1 rings (SSSR count). The van der Waals surface area contributed by atoms with Gasteiger partial charge in [-0.3, -0.25) is 4.68 Å². The molecule has 106 valence electrons. The molecule has 19 heavy (non-hydrogen) atoms. The summed E-state index contributed by atoms with van der Waals surface area (Å²) in [6.07, 6.45) is 1.53. The molecule has 8 heteroatoms. The van der Waals surface area contributed by atoms with Gasteiger partial charge in [0, 0.05) is 13.6 Å². The van der Waals surface area contributed by atoms with Crippen molar-refractivity contribution in [1.82, 2.24) is 25.0 Å². The monoisotopic (exact) mass is 269 g/mol. The Morgan fingerprint density at radius 1 is 1.53 bits per heavy atom. The highest BCUT2D eigenvalue weighted by Gasteiger charge is 2.36. The summed E-state index contributed by atoms with van der Waals surface area (Å²) in [4.78, 5) is 28.4. The minimum absolute atomic E-state index is 0.159. The maximum absolute atomic E-state index is 12.0. The zero-order chi connectivity index (χ0) is 14.6. The fourth-order valence-corrected chi connectivity index (χ4v) is 1.62. The zero-order valence-electron chi connectivity index (χ0n) is 11.5. The van der Waals surface area contributed by atoms with Crippen molar-refractivity contribution in [3.63, 3.8) is 0 Å². The molecule has 0 aliphatic heterocycles. The maximum atomic E-state index is 12.0. The summed E-state index contributed by atoms with van der Waals surface area (Å²) >= 11 is 0. The van der Waals surface area contributed by atoms with E-state index in [9.17, 15) is 9.59 Å². The first kappa shape index (κ1) is 14.9. The van der Waals surface area contributed by atoms with Gasteiger partial charge >= 0.3 is 12.0 Å². The highest BCUT2D eigenvalue weighted by molar-refractivity contribution is 5.85. The second kappa shape index (κ2) is 5.68. The molecule has 8 nitrogen and oxygen atoms in total. The van der Waals surface area contributed by atoms with Crippen LogP contribution in [0.15, 0.2) is 6.33 Å². The Labute approximate surface area is 111 Å². The highest BCUT2D eigenvalue weighted by atomic mass is 16.4. The van der Waals surface area contributed by atoms with Gasteiger partial charge in [0.25, 0.3) is 0 Å². The maximum Gasteiger partial charge on any atom is 0.329 e. The Morgan fingerprint density at radius 2 is 2.16 bits per heavy atom. The third-order valence-corrected chi connectivity index (χ3v) is 2.80. The number of likely N-dealkylation sites (N-methyl/N-ethyl adjacent to an activating group) is 1. The van der Waals surface area contributed by atoms with Crippen molar-refractivity contribution in [2.45, 2.75) is 32.9 Å². The van der Waals surface area contributed by atoms with Crippen LogP contribution in [-0.2, 0) is 18.4 Å². The molecule has 0 unspecified atom stereocenters. The van der Waals surface area contributed by atoms with Crippen LogP contribution in [-0.4, -0.2) is 48.9 Å². The molecule has 0 aliphatic rings. The van der Waals surface area contributed by atoms with Crippen LogP contribution in [0.1, 0.15) is 26.6 Å². The number of hydrogen-bond donors (Lipinski definition) is 2. The average molecular weight is 269 g/mol. The van der Waals surface area contributed by atoms with Crippen LogP contribution >= 0.6 is 0 Å². The van der Waals surface area contributed by atoms with Crippen molar-refractivity contribution in [2.24, 2.45) is 7.05 Å². The Morgan fingerprint density at radius 3 is 2.58 bits per heavy atom. The van der Waals surface area contributed by atoms with Gasteiger partial charge in [0.2, 0.25) is 0 Å². The van der Waals surface area contributed by atoms with Crippen LogP contribution in [0, 0.1) is 0 Å². The normalized spacial score (nSPS) is 11.2. The predicted octanol–water partition coefficient (Wildman–Crippen LogP) is 0.210. The van der Waals surface area contributed by atoms with Crippen LogP contribution in [0.3, 0.4) is 0 Å². The molecule has 0 aromatic carbocycles. The van der Waals surface area contributed by atoms with E-state index in [0.717, 1.165) is 0 Å². The lowest BCUT2D eigenvalue weighted by molar-refractivity contribution is -0.147. The number of hydrogen-bond acceptors (Lipinski definition) is 4. The van der Waals surface area contributed by atoms with Gasteiger partial charge in [-0.15, -0.1) is 0 Å². The standard InChI is InChI=1S/C11H19N5O3/c1-5-16(11(2,3)9(17)18)10(19)12-6-8-13-7-15(4)14-8/h7H,5-6H2,1-4H3,(H,12,19)(H,17,18). The number of carboxylic acids is 1. The molecule has 0 bridgehead atoms. The van der Waals surface area contributed by atoms with E-state index >= 15 is 0 Å². The number of amides is 2. The number of carbonyl (C=O) groups is 2. The third-order valence-electron chi connectivity index (χ3n) is 2.80. The number of nitrogens with one attached hydrogen (secondary N) is 1. The van der Waals surface area contributed by atoms with Crippen LogP contribution in [0.5, 0.6) is 0 Å². The van der Waals surface area contributed by atoms with E-state index in [2.05, 4.69) is 15.4 Å². The van der Waals surface area contributed by atoms with Gasteiger partial charge in [-0.05, 0) is 20.8 Å². The molecule has 0 saturated heterocycles. The molecule has 0 saturated carbocycles. The summed E-state index contributed by atoms with van der Waals surface area (Å²) in [7, 11) is 1.73. The summed E-state index contributed by atoms with van der Waals surface area (Å²) in [6, 6.07) is -0.456. The van der Waals surface area contributed by atoms with Crippen molar-refractivity contribution in [3.05, 3.63) is 12.2 Å². The topological polar surface area (TPSA) is 100 Å². The van der Waals surface area contributed by atoms with Crippen LogP contribution in [0.4, 0.5) is 4.79 Å². The van der Waals surface area contributed by atoms with Gasteiger partial charge < -0.3 is 15.3 Å². The van der Waals surface area contributed by atoms with Gasteiger partial charge in [0.1, 0.15) is 11.9 Å². The number of carboxylic acid groups (broad SMARTS) is 1. The molecule has 0 spiro atoms. The Kier molecular flexibility index (Phi) is 4.47. The van der Waals surface area contributed by atoms with Crippen LogP contribution < -0.4 is 5.32 Å². The van der Waals surface area contributed by atoms with Crippen LogP contribution in [0.2, 0.25) is 0 Å². The predicted molar refractivity (Wildman–Crippen MR) is 67.3 cm³/mol. The largest absolute Gasteiger partial charge is 0.480 e. The fraction of sp³-hybridized carbons (Fsp3) is 0.636. The van der Waals surface area contributed by atoms with E-state index in [1.165, 1.54) is 29.8 Å². The van der Waals surface area contributed by atoms with Crippen LogP contribution in [0.25, 0.3) is 0 Å². The summed E-state index contributed by atoms with van der Waals surface area (Å²) < 4.78 is 1.53. The van der Waals surface area contributed by atoms with Gasteiger partial charge in [-0.1, -0.05) is 0 Å². The number of rotatable bonds is 5. The number of urea groups is 1. The van der Waals surface area contributed by atoms with Gasteiger partial charge in [-0.25, -0.2) is 14.6 Å². The first-order valence-electron chi connectivity index (χ1n) is 5.92. The lowest BCUT2D eigenvalue weighted by atomic mass is 10.0. The third kappa shape index (κ3) is 3.43. The smallest absolute Gasteiger partial charge is 0.329 e. The first-order chi connectivity index (χ1) is 8.78. The van der Waals surface area contributed by atoms with Gasteiger partial charge in [-0.2, -0.15) is 5.10 Å². The quantitative estimate of drug-likeness (QED) is 0.795. The molecule has 1 heterocycles. The second-order valence-electron chi connectivity index (χ2n) is 4.60. The molecule has 1 aromatic rings. The van der Waals surface area contributed by atoms with Crippen molar-refractivity contribution in [3.8, 4) is 0 Å². The molecule has 0 atom stereocenters. The lowest BCUT2D eigenvalue weighted by Gasteiger charge is -2.34. The van der Waals surface area contributed by atoms with Crippen molar-refractivity contribution in [2.75, 3.05) is 6.54 Å². The van der Waals surface area contributed by atoms with E-state index in [0.29, 0.717) is 12.4 Å². The number of carbonyl (C=O) groups excluding carboxylic acids is 1. The van der Waals surface area contributed by atoms with Crippen molar-refractivity contribution >= 4 is 12.0 Å². The molecule has 0 radical (unpaired) electrons. The summed E-state index contributed by atoms with van der Waals surface area (Å²) in [5.74, 6) is -0.583. The van der Waals surface area contributed by atoms with Crippen molar-refractivity contribution < 1.29 is 14.7 Å². The van der Waals surface area contributed by atoms with E-state index in [1.807, 2.05) is 0 Å². The Hall–Kier alpha value is -2.12. The molecule has 1 aromatic heterocycles. The molecule has 2 amide bonds. The number of aromatic nitrogens is 3. The second-order valence-corrected chi connectivity index (χ2v) is 4.60. The van der Waals surface area contributed by atoms with E-state index in [4.69, 9.17) is 5.11 Å². The molecule has 0 aliphatic carbocycles. The summed E-state index contributed by atoms with van der Waals surface area (Å²) in [5, 5.41) is 15.8. The minimum Gasteiger partial charge on any atom is -0.480 e. The van der Waals surface area contributed by atoms with Crippen molar-refractivity contribution in [1.29, 1.82) is 0 Å². The number of nitrogens with zero attached hydrogens (tertiary/aromatic N) is 4. The number of aryl methyl sites for hydroxylation is 1. The van der Waals surface area contributed by atoms with E-state index in [-0.39, 0.29) is 6.54 Å². The minimum atomic E-state index is -1.27. The fourth-order valence-electron chi connectivity index (χ4n) is 1.62. The lowest BCUT2D eigenvalue weighted by Crippen LogP contribution is -2.55. The Bertz CT molecular complexity index is 469. The van der Waals surface area contributed by atoms with Gasteiger partial charge in [0.15, 0.2) is 5.82 Å². The number of aliphatic carboxylic acids is 1. The summed E-state index contributed by atoms with van der Waals surface area (Å²) in [6.45, 7) is 5.14. The first-order valence-corrected chi connectivity index (χ1v) is 5.92. The van der Waals surface area contributed by atoms with E-state index in [1.54, 1.807) is 14.0 Å². The van der Waals surface area contributed by atoms with Gasteiger partial charge in [0.05, 0.1) is 6.54 Å². The molecule has 2 N–H and O–H groups in total. The molecular formula is C11H19N5O3. The van der Waals surface area contributed by atoms with E-state index < -0.39 is 17.5 Å². The highest BCUT2D eigenvalue weighted by Crippen LogP contribution is 2.14. The SMILES string of the molecule is CCN(C(=O)NCc1ncn(C)n1)C(C)(C)C(=O)O. The Balaban J connectivity index is 2.67.